The number of carbonyl (C=O) groups is 1. The minimum Gasteiger partial charge on any atom is -0.342 e. The Bertz CT molecular complexity index is 476. The smallest absolute Gasteiger partial charge is 0.342 e. The van der Waals surface area contributed by atoms with Crippen molar-refractivity contribution >= 4 is 17.2 Å². The van der Waals surface area contributed by atoms with Crippen molar-refractivity contribution in [1.82, 2.24) is 9.88 Å². The summed E-state index contributed by atoms with van der Waals surface area (Å²) in [4.78, 5) is 17.3. The first-order chi connectivity index (χ1) is 9.29. The Morgan fingerprint density at radius 3 is 2.45 bits per heavy atom. The van der Waals surface area contributed by atoms with E-state index in [-0.39, 0.29) is 17.7 Å². The van der Waals surface area contributed by atoms with Crippen LogP contribution in [0.1, 0.15) is 43.3 Å². The van der Waals surface area contributed by atoms with E-state index in [9.17, 15) is 18.0 Å². The fourth-order valence-electron chi connectivity index (χ4n) is 2.32. The van der Waals surface area contributed by atoms with Crippen LogP contribution in [0.25, 0.3) is 0 Å². The van der Waals surface area contributed by atoms with Crippen molar-refractivity contribution in [2.24, 2.45) is 5.92 Å². The minimum atomic E-state index is -4.37. The van der Waals surface area contributed by atoms with Gasteiger partial charge in [-0.05, 0) is 12.8 Å². The Morgan fingerprint density at radius 1 is 1.40 bits per heavy atom. The zero-order valence-corrected chi connectivity index (χ0v) is 12.2. The van der Waals surface area contributed by atoms with Crippen LogP contribution < -0.4 is 0 Å². The highest BCUT2D eigenvalue weighted by Crippen LogP contribution is 2.35. The topological polar surface area (TPSA) is 33.2 Å². The van der Waals surface area contributed by atoms with Gasteiger partial charge in [0, 0.05) is 30.3 Å². The second-order valence-electron chi connectivity index (χ2n) is 5.32. The van der Waals surface area contributed by atoms with E-state index in [1.54, 1.807) is 4.90 Å². The highest BCUT2D eigenvalue weighted by molar-refractivity contribution is 7.09. The molecule has 0 radical (unpaired) electrons. The molecule has 0 bridgehead atoms. The predicted octanol–water partition coefficient (Wildman–Crippen LogP) is 3.52. The molecule has 1 aromatic rings. The van der Waals surface area contributed by atoms with Gasteiger partial charge in [-0.15, -0.1) is 11.3 Å². The van der Waals surface area contributed by atoms with Crippen molar-refractivity contribution in [2.75, 3.05) is 13.1 Å². The zero-order chi connectivity index (χ0) is 14.9. The lowest BCUT2D eigenvalue weighted by molar-refractivity contribution is -0.140. The minimum absolute atomic E-state index is 0.0345. The lowest BCUT2D eigenvalue weighted by atomic mass is 9.96. The van der Waals surface area contributed by atoms with Crippen molar-refractivity contribution < 1.29 is 18.0 Å². The lowest BCUT2D eigenvalue weighted by Gasteiger charge is -2.32. The normalized spacial score (nSPS) is 17.8. The summed E-state index contributed by atoms with van der Waals surface area (Å²) in [5, 5.41) is 1.61. The van der Waals surface area contributed by atoms with Crippen LogP contribution in [-0.4, -0.2) is 28.9 Å². The van der Waals surface area contributed by atoms with Crippen LogP contribution in [0.3, 0.4) is 0 Å². The molecular weight excluding hydrogens is 289 g/mol. The number of nitrogens with zero attached hydrogens (tertiary/aromatic N) is 2. The first-order valence-electron chi connectivity index (χ1n) is 6.60. The fourth-order valence-corrected chi connectivity index (χ4v) is 3.32. The van der Waals surface area contributed by atoms with Gasteiger partial charge in [-0.25, -0.2) is 4.98 Å². The standard InChI is InChI=1S/C13H17F3N2OS/c1-8(2)12(19)18-5-3-9(4-6-18)11-17-10(7-20-11)13(14,15)16/h7-9H,3-6H2,1-2H3. The van der Waals surface area contributed by atoms with E-state index in [0.717, 1.165) is 16.7 Å². The Hall–Kier alpha value is -1.11. The van der Waals surface area contributed by atoms with Crippen molar-refractivity contribution in [3.8, 4) is 0 Å². The number of aromatic nitrogens is 1. The third-order valence-corrected chi connectivity index (χ3v) is 4.47. The summed E-state index contributed by atoms with van der Waals surface area (Å²) in [5.74, 6) is 0.106. The molecule has 1 saturated heterocycles. The highest BCUT2D eigenvalue weighted by atomic mass is 32.1. The molecule has 2 heterocycles. The van der Waals surface area contributed by atoms with E-state index in [1.165, 1.54) is 0 Å². The number of piperidine rings is 1. The Kier molecular flexibility index (Phi) is 4.36. The summed E-state index contributed by atoms with van der Waals surface area (Å²) < 4.78 is 37.5. The van der Waals surface area contributed by atoms with Crippen LogP contribution in [0.2, 0.25) is 0 Å². The summed E-state index contributed by atoms with van der Waals surface area (Å²) in [7, 11) is 0. The molecule has 0 N–H and O–H groups in total. The molecule has 0 aliphatic carbocycles. The molecule has 0 spiro atoms. The van der Waals surface area contributed by atoms with Crippen molar-refractivity contribution in [3.05, 3.63) is 16.1 Å². The van der Waals surface area contributed by atoms with Crippen LogP contribution in [0.4, 0.5) is 13.2 Å². The van der Waals surface area contributed by atoms with Gasteiger partial charge in [0.15, 0.2) is 5.69 Å². The van der Waals surface area contributed by atoms with Crippen LogP contribution in [0, 0.1) is 5.92 Å². The first kappa shape index (κ1) is 15.3. The van der Waals surface area contributed by atoms with Crippen LogP contribution in [0.5, 0.6) is 0 Å². The Labute approximate surface area is 119 Å². The maximum Gasteiger partial charge on any atom is 0.434 e. The molecule has 112 valence electrons. The van der Waals surface area contributed by atoms with Gasteiger partial charge in [0.2, 0.25) is 5.91 Å². The molecule has 7 heteroatoms. The van der Waals surface area contributed by atoms with Crippen LogP contribution in [0.15, 0.2) is 5.38 Å². The van der Waals surface area contributed by atoms with Gasteiger partial charge in [0.05, 0.1) is 5.01 Å². The monoisotopic (exact) mass is 306 g/mol. The number of carbonyl (C=O) groups excluding carboxylic acids is 1. The van der Waals surface area contributed by atoms with Crippen molar-refractivity contribution in [1.29, 1.82) is 0 Å². The Balaban J connectivity index is 1.97. The quantitative estimate of drug-likeness (QED) is 0.837. The van der Waals surface area contributed by atoms with E-state index in [2.05, 4.69) is 4.98 Å². The summed E-state index contributed by atoms with van der Waals surface area (Å²) in [6.45, 7) is 4.90. The average Bonchev–Trinajstić information content (AvgIpc) is 2.87. The van der Waals surface area contributed by atoms with Gasteiger partial charge in [-0.2, -0.15) is 13.2 Å². The Morgan fingerprint density at radius 2 is 2.00 bits per heavy atom. The number of hydrogen-bond donors (Lipinski definition) is 0. The van der Waals surface area contributed by atoms with E-state index >= 15 is 0 Å². The third kappa shape index (κ3) is 3.31. The molecule has 3 nitrogen and oxygen atoms in total. The lowest BCUT2D eigenvalue weighted by Crippen LogP contribution is -2.40. The number of rotatable bonds is 2. The number of amides is 1. The van der Waals surface area contributed by atoms with E-state index in [0.29, 0.717) is 30.9 Å². The van der Waals surface area contributed by atoms with Gasteiger partial charge in [0.25, 0.3) is 0 Å². The molecule has 0 atom stereocenters. The van der Waals surface area contributed by atoms with Gasteiger partial charge in [-0.3, -0.25) is 4.79 Å². The van der Waals surface area contributed by atoms with Gasteiger partial charge < -0.3 is 4.90 Å². The number of alkyl halides is 3. The maximum absolute atomic E-state index is 12.5. The highest BCUT2D eigenvalue weighted by Gasteiger charge is 2.35. The number of likely N-dealkylation sites (tertiary alicyclic amines) is 1. The number of thiazole rings is 1. The van der Waals surface area contributed by atoms with Crippen LogP contribution >= 0.6 is 11.3 Å². The molecule has 0 unspecified atom stereocenters. The van der Waals surface area contributed by atoms with Gasteiger partial charge in [0.1, 0.15) is 0 Å². The van der Waals surface area contributed by atoms with Crippen molar-refractivity contribution in [3.63, 3.8) is 0 Å². The first-order valence-corrected chi connectivity index (χ1v) is 7.48. The molecule has 1 aliphatic heterocycles. The van der Waals surface area contributed by atoms with Crippen molar-refractivity contribution in [2.45, 2.75) is 38.8 Å². The average molecular weight is 306 g/mol. The predicted molar refractivity (Wildman–Crippen MR) is 70.5 cm³/mol. The number of halogens is 3. The van der Waals surface area contributed by atoms with E-state index in [1.807, 2.05) is 13.8 Å². The molecule has 1 amide bonds. The molecule has 2 rings (SSSR count). The largest absolute Gasteiger partial charge is 0.434 e. The third-order valence-electron chi connectivity index (χ3n) is 3.46. The molecule has 0 saturated carbocycles. The number of hydrogen-bond acceptors (Lipinski definition) is 3. The van der Waals surface area contributed by atoms with Gasteiger partial charge >= 0.3 is 6.18 Å². The summed E-state index contributed by atoms with van der Waals surface area (Å²) in [6, 6.07) is 0. The molecular formula is C13H17F3N2OS. The maximum atomic E-state index is 12.5. The zero-order valence-electron chi connectivity index (χ0n) is 11.4. The second-order valence-corrected chi connectivity index (χ2v) is 6.21. The van der Waals surface area contributed by atoms with Crippen LogP contribution in [-0.2, 0) is 11.0 Å². The summed E-state index contributed by atoms with van der Waals surface area (Å²) in [6.07, 6.45) is -3.00. The molecule has 0 aromatic carbocycles. The summed E-state index contributed by atoms with van der Waals surface area (Å²) >= 11 is 1.06. The molecule has 1 aromatic heterocycles. The van der Waals surface area contributed by atoms with E-state index < -0.39 is 11.9 Å². The second kappa shape index (κ2) is 5.71. The van der Waals surface area contributed by atoms with E-state index in [4.69, 9.17) is 0 Å². The van der Waals surface area contributed by atoms with Gasteiger partial charge in [-0.1, -0.05) is 13.8 Å². The molecule has 1 aliphatic rings. The molecule has 20 heavy (non-hydrogen) atoms. The molecule has 1 fully saturated rings. The fraction of sp³-hybridized carbons (Fsp3) is 0.692. The summed E-state index contributed by atoms with van der Waals surface area (Å²) in [5.41, 5.74) is -0.807. The SMILES string of the molecule is CC(C)C(=O)N1CCC(c2nc(C(F)(F)F)cs2)CC1.